The van der Waals surface area contributed by atoms with Crippen molar-refractivity contribution in [2.24, 2.45) is 0 Å². The molecule has 2 aliphatic heterocycles. The zero-order valence-electron chi connectivity index (χ0n) is 14.0. The van der Waals surface area contributed by atoms with E-state index in [9.17, 15) is 4.79 Å². The molecule has 0 aliphatic carbocycles. The van der Waals surface area contributed by atoms with Crippen LogP contribution < -0.4 is 4.90 Å². The summed E-state index contributed by atoms with van der Waals surface area (Å²) in [5.41, 5.74) is 0. The van der Waals surface area contributed by atoms with E-state index in [2.05, 4.69) is 31.8 Å². The van der Waals surface area contributed by atoms with Crippen molar-refractivity contribution >= 4 is 11.7 Å². The molecule has 6 heteroatoms. The Labute approximate surface area is 138 Å². The van der Waals surface area contributed by atoms with Crippen LogP contribution in [0.25, 0.3) is 0 Å². The highest BCUT2D eigenvalue weighted by molar-refractivity contribution is 5.82. The highest BCUT2D eigenvalue weighted by Crippen LogP contribution is 2.20. The lowest BCUT2D eigenvalue weighted by Gasteiger charge is -2.36. The molecule has 2 saturated heterocycles. The first-order valence-electron chi connectivity index (χ1n) is 8.85. The quantitative estimate of drug-likeness (QED) is 0.843. The minimum Gasteiger partial charge on any atom is -0.353 e. The second-order valence-corrected chi connectivity index (χ2v) is 6.39. The number of aromatic nitrogens is 2. The van der Waals surface area contributed by atoms with Gasteiger partial charge in [-0.25, -0.2) is 0 Å². The summed E-state index contributed by atoms with van der Waals surface area (Å²) in [6.07, 6.45) is 6.09. The van der Waals surface area contributed by atoms with Crippen molar-refractivity contribution < 1.29 is 4.79 Å². The number of likely N-dealkylation sites (N-methyl/N-ethyl adjacent to an activating group) is 1. The van der Waals surface area contributed by atoms with Crippen molar-refractivity contribution in [2.45, 2.75) is 38.6 Å². The van der Waals surface area contributed by atoms with Gasteiger partial charge in [0.1, 0.15) is 0 Å². The molecule has 6 nitrogen and oxygen atoms in total. The molecule has 2 aliphatic rings. The van der Waals surface area contributed by atoms with Gasteiger partial charge in [-0.15, -0.1) is 5.10 Å². The molecule has 0 radical (unpaired) electrons. The van der Waals surface area contributed by atoms with Crippen LogP contribution in [0.2, 0.25) is 0 Å². The lowest BCUT2D eigenvalue weighted by molar-refractivity contribution is -0.138. The number of amides is 1. The topological polar surface area (TPSA) is 52.6 Å². The van der Waals surface area contributed by atoms with Crippen LogP contribution in [0, 0.1) is 0 Å². The Hall–Kier alpha value is -1.69. The van der Waals surface area contributed by atoms with Crippen LogP contribution in [0.1, 0.15) is 32.6 Å². The van der Waals surface area contributed by atoms with Crippen LogP contribution in [0.15, 0.2) is 18.3 Å². The average Bonchev–Trinajstić information content (AvgIpc) is 2.88. The molecule has 1 amide bonds. The summed E-state index contributed by atoms with van der Waals surface area (Å²) in [6.45, 7) is 7.59. The van der Waals surface area contributed by atoms with Gasteiger partial charge in [-0.3, -0.25) is 9.69 Å². The number of carbonyl (C=O) groups is 1. The largest absolute Gasteiger partial charge is 0.353 e. The maximum Gasteiger partial charge on any atom is 0.239 e. The zero-order chi connectivity index (χ0) is 16.1. The molecule has 1 aromatic heterocycles. The number of rotatable bonds is 3. The average molecular weight is 317 g/mol. The Morgan fingerprint density at radius 2 is 2.09 bits per heavy atom. The predicted molar refractivity (Wildman–Crippen MR) is 90.3 cm³/mol. The van der Waals surface area contributed by atoms with Crippen LogP contribution in [-0.2, 0) is 4.79 Å². The monoisotopic (exact) mass is 317 g/mol. The van der Waals surface area contributed by atoms with Crippen molar-refractivity contribution in [3.05, 3.63) is 18.3 Å². The predicted octanol–water partition coefficient (Wildman–Crippen LogP) is 1.39. The number of anilines is 1. The van der Waals surface area contributed by atoms with E-state index in [1.807, 2.05) is 12.1 Å². The van der Waals surface area contributed by atoms with Gasteiger partial charge in [0, 0.05) is 32.4 Å². The van der Waals surface area contributed by atoms with Crippen molar-refractivity contribution in [1.29, 1.82) is 0 Å². The van der Waals surface area contributed by atoms with Crippen LogP contribution in [0.5, 0.6) is 0 Å². The van der Waals surface area contributed by atoms with Gasteiger partial charge in [0.15, 0.2) is 5.82 Å². The molecule has 126 valence electrons. The maximum atomic E-state index is 13.0. The van der Waals surface area contributed by atoms with E-state index in [1.54, 1.807) is 6.20 Å². The van der Waals surface area contributed by atoms with Crippen LogP contribution >= 0.6 is 0 Å². The van der Waals surface area contributed by atoms with E-state index in [4.69, 9.17) is 0 Å². The SMILES string of the molecule is CCN1CCCCC1C(=O)N1CCCN(c2cccnn2)CC1. The van der Waals surface area contributed by atoms with E-state index in [-0.39, 0.29) is 6.04 Å². The molecular weight excluding hydrogens is 290 g/mol. The lowest BCUT2D eigenvalue weighted by Crippen LogP contribution is -2.51. The fraction of sp³-hybridized carbons (Fsp3) is 0.706. The maximum absolute atomic E-state index is 13.0. The molecule has 0 saturated carbocycles. The smallest absolute Gasteiger partial charge is 0.239 e. The van der Waals surface area contributed by atoms with Crippen LogP contribution in [0.3, 0.4) is 0 Å². The molecule has 0 aromatic carbocycles. The third-order valence-electron chi connectivity index (χ3n) is 4.99. The van der Waals surface area contributed by atoms with Gasteiger partial charge in [-0.2, -0.15) is 5.10 Å². The first-order chi connectivity index (χ1) is 11.3. The Morgan fingerprint density at radius 3 is 2.87 bits per heavy atom. The summed E-state index contributed by atoms with van der Waals surface area (Å²) in [5, 5.41) is 8.15. The van der Waals surface area contributed by atoms with Gasteiger partial charge in [0.05, 0.1) is 6.04 Å². The van der Waals surface area contributed by atoms with Crippen LogP contribution in [-0.4, -0.2) is 71.2 Å². The zero-order valence-corrected chi connectivity index (χ0v) is 14.0. The number of piperidine rings is 1. The Morgan fingerprint density at radius 1 is 1.17 bits per heavy atom. The van der Waals surface area contributed by atoms with E-state index >= 15 is 0 Å². The highest BCUT2D eigenvalue weighted by atomic mass is 16.2. The molecular formula is C17H27N5O. The molecule has 3 heterocycles. The summed E-state index contributed by atoms with van der Waals surface area (Å²) in [5.74, 6) is 1.24. The van der Waals surface area contributed by atoms with Crippen molar-refractivity contribution in [3.8, 4) is 0 Å². The third kappa shape index (κ3) is 3.80. The van der Waals surface area contributed by atoms with Crippen LogP contribution in [0.4, 0.5) is 5.82 Å². The minimum atomic E-state index is 0.0943. The van der Waals surface area contributed by atoms with Gasteiger partial charge in [-0.05, 0) is 44.5 Å². The van der Waals surface area contributed by atoms with Crippen molar-refractivity contribution in [2.75, 3.05) is 44.2 Å². The van der Waals surface area contributed by atoms with Gasteiger partial charge in [0.25, 0.3) is 0 Å². The molecule has 3 rings (SSSR count). The molecule has 0 N–H and O–H groups in total. The fourth-order valence-corrected chi connectivity index (χ4v) is 3.69. The van der Waals surface area contributed by atoms with Crippen molar-refractivity contribution in [3.63, 3.8) is 0 Å². The normalized spacial score (nSPS) is 23.6. The Kier molecular flexibility index (Phi) is 5.43. The summed E-state index contributed by atoms with van der Waals surface area (Å²) >= 11 is 0. The number of hydrogen-bond donors (Lipinski definition) is 0. The van der Waals surface area contributed by atoms with Gasteiger partial charge >= 0.3 is 0 Å². The Balaban J connectivity index is 1.62. The number of carbonyl (C=O) groups excluding carboxylic acids is 1. The first-order valence-corrected chi connectivity index (χ1v) is 8.85. The summed E-state index contributed by atoms with van der Waals surface area (Å²) in [7, 11) is 0. The summed E-state index contributed by atoms with van der Waals surface area (Å²) < 4.78 is 0. The van der Waals surface area contributed by atoms with Crippen molar-refractivity contribution in [1.82, 2.24) is 20.0 Å². The van der Waals surface area contributed by atoms with Gasteiger partial charge in [-0.1, -0.05) is 13.3 Å². The van der Waals surface area contributed by atoms with E-state index in [0.29, 0.717) is 5.91 Å². The Bertz CT molecular complexity index is 509. The third-order valence-corrected chi connectivity index (χ3v) is 4.99. The number of likely N-dealkylation sites (tertiary alicyclic amines) is 1. The molecule has 1 unspecified atom stereocenters. The molecule has 0 bridgehead atoms. The second kappa shape index (κ2) is 7.73. The number of hydrogen-bond acceptors (Lipinski definition) is 5. The number of nitrogens with zero attached hydrogens (tertiary/aromatic N) is 5. The highest BCUT2D eigenvalue weighted by Gasteiger charge is 2.31. The first kappa shape index (κ1) is 16.2. The van der Waals surface area contributed by atoms with Gasteiger partial charge in [0.2, 0.25) is 5.91 Å². The summed E-state index contributed by atoms with van der Waals surface area (Å²) in [6, 6.07) is 4.00. The van der Waals surface area contributed by atoms with Gasteiger partial charge < -0.3 is 9.80 Å². The molecule has 2 fully saturated rings. The molecule has 23 heavy (non-hydrogen) atoms. The molecule has 1 aromatic rings. The van der Waals surface area contributed by atoms with E-state index in [1.165, 1.54) is 12.8 Å². The molecule has 0 spiro atoms. The lowest BCUT2D eigenvalue weighted by atomic mass is 10.0. The standard InChI is InChI=1S/C17H27N5O/c1-2-20-10-4-3-7-15(20)17(23)22-12-6-11-21(13-14-22)16-8-5-9-18-19-16/h5,8-9,15H,2-4,6-7,10-14H2,1H3. The second-order valence-electron chi connectivity index (χ2n) is 6.39. The van der Waals surface area contributed by atoms with E-state index < -0.39 is 0 Å². The fourth-order valence-electron chi connectivity index (χ4n) is 3.69. The van der Waals surface area contributed by atoms with E-state index in [0.717, 1.165) is 57.9 Å². The summed E-state index contributed by atoms with van der Waals surface area (Å²) in [4.78, 5) is 19.6. The molecule has 1 atom stereocenters. The minimum absolute atomic E-state index is 0.0943.